The third-order valence-corrected chi connectivity index (χ3v) is 6.50. The number of aryl methyl sites for hydroxylation is 1. The first-order valence-corrected chi connectivity index (χ1v) is 9.13. The minimum Gasteiger partial charge on any atom is -0.389 e. The zero-order chi connectivity index (χ0) is 15.3. The van der Waals surface area contributed by atoms with E-state index in [0.717, 1.165) is 18.8 Å². The Hall–Kier alpha value is -0.980. The lowest BCUT2D eigenvalue weighted by Crippen LogP contribution is -2.31. The van der Waals surface area contributed by atoms with Gasteiger partial charge < -0.3 is 5.73 Å². The van der Waals surface area contributed by atoms with Crippen LogP contribution in [0.1, 0.15) is 36.8 Å². The summed E-state index contributed by atoms with van der Waals surface area (Å²) in [4.78, 5) is 0.592. The van der Waals surface area contributed by atoms with Crippen LogP contribution in [0.2, 0.25) is 0 Å². The molecule has 1 aromatic rings. The summed E-state index contributed by atoms with van der Waals surface area (Å²) in [5.41, 5.74) is 7.19. The van der Waals surface area contributed by atoms with Crippen molar-refractivity contribution in [3.8, 4) is 0 Å². The third-order valence-electron chi connectivity index (χ3n) is 4.70. The van der Waals surface area contributed by atoms with Gasteiger partial charge in [0.25, 0.3) is 0 Å². The summed E-state index contributed by atoms with van der Waals surface area (Å²) in [6.45, 7) is 2.33. The Balaban J connectivity index is 1.76. The number of rotatable bonds is 6. The van der Waals surface area contributed by atoms with Gasteiger partial charge in [-0.3, -0.25) is 0 Å². The van der Waals surface area contributed by atoms with Gasteiger partial charge in [-0.2, -0.15) is 0 Å². The highest BCUT2D eigenvalue weighted by molar-refractivity contribution is 7.89. The van der Waals surface area contributed by atoms with Gasteiger partial charge in [0, 0.05) is 12.1 Å². The molecule has 0 bridgehead atoms. The molecule has 4 nitrogen and oxygen atoms in total. The predicted octanol–water partition coefficient (Wildman–Crippen LogP) is 2.10. The lowest BCUT2D eigenvalue weighted by molar-refractivity contribution is 0.432. The molecule has 0 saturated heterocycles. The van der Waals surface area contributed by atoms with Crippen LogP contribution in [0.5, 0.6) is 0 Å². The van der Waals surface area contributed by atoms with Crippen LogP contribution in [0.15, 0.2) is 23.1 Å². The Bertz CT molecular complexity index is 690. The Morgan fingerprint density at radius 2 is 2.10 bits per heavy atom. The van der Waals surface area contributed by atoms with Gasteiger partial charge >= 0.3 is 0 Å². The van der Waals surface area contributed by atoms with Crippen molar-refractivity contribution >= 4 is 27.2 Å². The Kier molecular flexibility index (Phi) is 3.58. The van der Waals surface area contributed by atoms with Crippen LogP contribution in [0.25, 0.3) is 0 Å². The van der Waals surface area contributed by atoms with E-state index in [4.69, 9.17) is 18.0 Å². The van der Waals surface area contributed by atoms with E-state index in [0.29, 0.717) is 22.6 Å². The van der Waals surface area contributed by atoms with Gasteiger partial charge in [-0.25, -0.2) is 13.1 Å². The van der Waals surface area contributed by atoms with Crippen molar-refractivity contribution in [1.29, 1.82) is 0 Å². The standard InChI is InChI=1S/C15H20N2O2S2/c1-10-8-11(14(16)20)2-5-13(10)21(18,19)17-9-15(6-7-15)12-3-4-12/h2,5,8,12,17H,3-4,6-7,9H2,1H3,(H2,16,20). The Morgan fingerprint density at radius 1 is 1.43 bits per heavy atom. The largest absolute Gasteiger partial charge is 0.389 e. The molecule has 0 atom stereocenters. The van der Waals surface area contributed by atoms with Crippen molar-refractivity contribution in [2.24, 2.45) is 17.1 Å². The fourth-order valence-electron chi connectivity index (χ4n) is 3.01. The van der Waals surface area contributed by atoms with Gasteiger partial charge in [0.1, 0.15) is 4.99 Å². The highest BCUT2D eigenvalue weighted by Gasteiger charge is 2.53. The van der Waals surface area contributed by atoms with Gasteiger partial charge in [0.15, 0.2) is 0 Å². The normalized spacial score (nSPS) is 20.2. The molecule has 0 radical (unpaired) electrons. The van der Waals surface area contributed by atoms with Crippen molar-refractivity contribution in [2.75, 3.05) is 6.54 Å². The van der Waals surface area contributed by atoms with E-state index in [1.807, 2.05) is 0 Å². The molecule has 2 aliphatic carbocycles. The molecule has 2 fully saturated rings. The van der Waals surface area contributed by atoms with Gasteiger partial charge in [-0.15, -0.1) is 0 Å². The van der Waals surface area contributed by atoms with Gasteiger partial charge in [0.05, 0.1) is 4.90 Å². The number of hydrogen-bond acceptors (Lipinski definition) is 3. The third kappa shape index (κ3) is 2.98. The molecule has 3 rings (SSSR count). The lowest BCUT2D eigenvalue weighted by Gasteiger charge is -2.16. The monoisotopic (exact) mass is 324 g/mol. The second-order valence-corrected chi connectivity index (χ2v) is 8.48. The van der Waals surface area contributed by atoms with Crippen molar-refractivity contribution in [1.82, 2.24) is 4.72 Å². The minimum atomic E-state index is -3.47. The van der Waals surface area contributed by atoms with Gasteiger partial charge in [-0.05, 0) is 61.6 Å². The Labute approximate surface area is 131 Å². The van der Waals surface area contributed by atoms with Gasteiger partial charge in [0.2, 0.25) is 10.0 Å². The first-order chi connectivity index (χ1) is 9.84. The van der Waals surface area contributed by atoms with E-state index in [1.165, 1.54) is 12.8 Å². The van der Waals surface area contributed by atoms with Crippen LogP contribution in [0, 0.1) is 18.3 Å². The average molecular weight is 324 g/mol. The van der Waals surface area contributed by atoms with E-state index < -0.39 is 10.0 Å². The molecule has 3 N–H and O–H groups in total. The zero-order valence-electron chi connectivity index (χ0n) is 12.1. The Morgan fingerprint density at radius 3 is 2.57 bits per heavy atom. The molecule has 0 aromatic heterocycles. The number of nitrogens with two attached hydrogens (primary N) is 1. The molecule has 21 heavy (non-hydrogen) atoms. The van der Waals surface area contributed by atoms with Crippen LogP contribution in [-0.2, 0) is 10.0 Å². The number of thiocarbonyl (C=S) groups is 1. The SMILES string of the molecule is Cc1cc(C(N)=S)ccc1S(=O)(=O)NCC1(C2CC2)CC1. The molecular formula is C15H20N2O2S2. The molecule has 0 unspecified atom stereocenters. The summed E-state index contributed by atoms with van der Waals surface area (Å²) in [6.07, 6.45) is 4.81. The van der Waals surface area contributed by atoms with Gasteiger partial charge in [-0.1, -0.05) is 18.3 Å². The fourth-order valence-corrected chi connectivity index (χ4v) is 4.50. The molecule has 2 aliphatic rings. The fraction of sp³-hybridized carbons (Fsp3) is 0.533. The molecule has 1 aromatic carbocycles. The number of nitrogens with one attached hydrogen (secondary N) is 1. The number of benzene rings is 1. The van der Waals surface area contributed by atoms with E-state index in [9.17, 15) is 8.42 Å². The summed E-state index contributed by atoms with van der Waals surface area (Å²) in [5, 5.41) is 0. The topological polar surface area (TPSA) is 72.2 Å². The zero-order valence-corrected chi connectivity index (χ0v) is 13.7. The van der Waals surface area contributed by atoms with Crippen molar-refractivity contribution in [3.05, 3.63) is 29.3 Å². The number of sulfonamides is 1. The second kappa shape index (κ2) is 5.04. The predicted molar refractivity (Wildman–Crippen MR) is 86.6 cm³/mol. The van der Waals surface area contributed by atoms with Crippen molar-refractivity contribution < 1.29 is 8.42 Å². The lowest BCUT2D eigenvalue weighted by atomic mass is 10.0. The highest BCUT2D eigenvalue weighted by Crippen LogP contribution is 2.60. The van der Waals surface area contributed by atoms with Crippen LogP contribution in [-0.4, -0.2) is 20.0 Å². The molecule has 2 saturated carbocycles. The molecular weight excluding hydrogens is 304 g/mol. The molecule has 114 valence electrons. The van der Waals surface area contributed by atoms with Crippen LogP contribution < -0.4 is 10.5 Å². The van der Waals surface area contributed by atoms with Crippen molar-refractivity contribution in [2.45, 2.75) is 37.5 Å². The maximum atomic E-state index is 12.5. The molecule has 0 amide bonds. The average Bonchev–Trinajstić information content (AvgIpc) is 3.26. The number of hydrogen-bond donors (Lipinski definition) is 2. The first kappa shape index (κ1) is 14.9. The smallest absolute Gasteiger partial charge is 0.240 e. The maximum absolute atomic E-state index is 12.5. The van der Waals surface area contributed by atoms with E-state index in [2.05, 4.69) is 4.72 Å². The van der Waals surface area contributed by atoms with Crippen LogP contribution in [0.4, 0.5) is 0 Å². The van der Waals surface area contributed by atoms with E-state index >= 15 is 0 Å². The quantitative estimate of drug-likeness (QED) is 0.786. The summed E-state index contributed by atoms with van der Waals surface area (Å²) in [6, 6.07) is 4.98. The maximum Gasteiger partial charge on any atom is 0.240 e. The van der Waals surface area contributed by atoms with Crippen LogP contribution in [0.3, 0.4) is 0 Å². The molecule has 0 aliphatic heterocycles. The molecule has 0 spiro atoms. The summed E-state index contributed by atoms with van der Waals surface area (Å²) in [5.74, 6) is 0.735. The van der Waals surface area contributed by atoms with Crippen LogP contribution >= 0.6 is 12.2 Å². The first-order valence-electron chi connectivity index (χ1n) is 7.24. The van der Waals surface area contributed by atoms with E-state index in [1.54, 1.807) is 25.1 Å². The minimum absolute atomic E-state index is 0.250. The summed E-state index contributed by atoms with van der Waals surface area (Å²) in [7, 11) is -3.47. The highest BCUT2D eigenvalue weighted by atomic mass is 32.2. The summed E-state index contributed by atoms with van der Waals surface area (Å²) < 4.78 is 27.7. The molecule has 0 heterocycles. The van der Waals surface area contributed by atoms with Crippen molar-refractivity contribution in [3.63, 3.8) is 0 Å². The summed E-state index contributed by atoms with van der Waals surface area (Å²) >= 11 is 4.91. The van der Waals surface area contributed by atoms with E-state index in [-0.39, 0.29) is 10.4 Å². The second-order valence-electron chi connectivity index (χ2n) is 6.31. The molecule has 6 heteroatoms.